The van der Waals surface area contributed by atoms with E-state index in [2.05, 4.69) is 52.0 Å². The molecule has 3 aromatic rings. The van der Waals surface area contributed by atoms with Crippen molar-refractivity contribution >= 4 is 10.9 Å². The maximum atomic E-state index is 5.75. The van der Waals surface area contributed by atoms with Crippen molar-refractivity contribution in [1.82, 2.24) is 20.3 Å². The van der Waals surface area contributed by atoms with Crippen molar-refractivity contribution in [3.63, 3.8) is 0 Å². The first-order valence-electron chi connectivity index (χ1n) is 8.28. The lowest BCUT2D eigenvalue weighted by Gasteiger charge is -2.12. The van der Waals surface area contributed by atoms with Crippen LogP contribution in [0.2, 0.25) is 0 Å². The van der Waals surface area contributed by atoms with Crippen LogP contribution in [0.1, 0.15) is 22.5 Å². The minimum Gasteiger partial charge on any atom is -0.473 e. The number of aryl methyl sites for hydroxylation is 2. The second-order valence-electron chi connectivity index (χ2n) is 6.00. The molecule has 0 aliphatic carbocycles. The summed E-state index contributed by atoms with van der Waals surface area (Å²) >= 11 is 0. The topological polar surface area (TPSA) is 59.9 Å². The lowest BCUT2D eigenvalue weighted by atomic mass is 10.1. The Morgan fingerprint density at radius 2 is 2.00 bits per heavy atom. The first kappa shape index (κ1) is 17.0. The molecule has 0 saturated carbocycles. The predicted octanol–water partition coefficient (Wildman–Crippen LogP) is 3.50. The maximum Gasteiger partial charge on any atom is 0.218 e. The Balaban J connectivity index is 1.79. The fraction of sp³-hybridized carbons (Fsp3) is 0.250. The lowest BCUT2D eigenvalue weighted by Crippen LogP contribution is -2.15. The number of rotatable bonds is 7. The van der Waals surface area contributed by atoms with Gasteiger partial charge in [-0.3, -0.25) is 9.97 Å². The van der Waals surface area contributed by atoms with Crippen LogP contribution in [0.5, 0.6) is 5.88 Å². The molecule has 0 bridgehead atoms. The molecule has 5 heteroatoms. The van der Waals surface area contributed by atoms with E-state index in [9.17, 15) is 0 Å². The highest BCUT2D eigenvalue weighted by molar-refractivity contribution is 5.80. The summed E-state index contributed by atoms with van der Waals surface area (Å²) in [5, 5.41) is 4.49. The van der Waals surface area contributed by atoms with E-state index in [1.807, 2.05) is 13.0 Å². The zero-order valence-corrected chi connectivity index (χ0v) is 14.6. The summed E-state index contributed by atoms with van der Waals surface area (Å²) in [5.41, 5.74) is 4.97. The second kappa shape index (κ2) is 7.85. The van der Waals surface area contributed by atoms with Crippen LogP contribution in [0.15, 0.2) is 49.3 Å². The number of hydrogen-bond donors (Lipinski definition) is 1. The molecule has 3 rings (SSSR count). The van der Waals surface area contributed by atoms with Crippen LogP contribution in [0, 0.1) is 13.8 Å². The minimum atomic E-state index is 0.431. The average Bonchev–Trinajstić information content (AvgIpc) is 2.61. The molecular formula is C20H22N4O. The van der Waals surface area contributed by atoms with Gasteiger partial charge in [0.25, 0.3) is 0 Å². The molecule has 0 atom stereocenters. The van der Waals surface area contributed by atoms with Gasteiger partial charge in [0.1, 0.15) is 6.61 Å². The highest BCUT2D eigenvalue weighted by Gasteiger charge is 2.09. The highest BCUT2D eigenvalue weighted by atomic mass is 16.5. The molecule has 0 spiro atoms. The van der Waals surface area contributed by atoms with Crippen LogP contribution in [-0.2, 0) is 13.1 Å². The Bertz CT molecular complexity index is 875. The third-order valence-electron chi connectivity index (χ3n) is 3.80. The van der Waals surface area contributed by atoms with E-state index in [0.29, 0.717) is 25.6 Å². The van der Waals surface area contributed by atoms with Gasteiger partial charge in [0.2, 0.25) is 5.88 Å². The van der Waals surface area contributed by atoms with E-state index in [1.165, 1.54) is 5.56 Å². The molecule has 1 aromatic carbocycles. The Kier molecular flexibility index (Phi) is 5.36. The number of ether oxygens (including phenoxy) is 1. The monoisotopic (exact) mass is 334 g/mol. The van der Waals surface area contributed by atoms with Gasteiger partial charge in [0, 0.05) is 36.4 Å². The second-order valence-corrected chi connectivity index (χ2v) is 6.00. The number of hydrogen-bond acceptors (Lipinski definition) is 5. The van der Waals surface area contributed by atoms with Crippen LogP contribution < -0.4 is 10.1 Å². The van der Waals surface area contributed by atoms with Gasteiger partial charge >= 0.3 is 0 Å². The van der Waals surface area contributed by atoms with Crippen molar-refractivity contribution in [3.05, 3.63) is 71.8 Å². The van der Waals surface area contributed by atoms with E-state index in [1.54, 1.807) is 18.5 Å². The molecule has 0 unspecified atom stereocenters. The predicted molar refractivity (Wildman–Crippen MR) is 99.5 cm³/mol. The van der Waals surface area contributed by atoms with Gasteiger partial charge in [0.05, 0.1) is 16.9 Å². The molecule has 2 aromatic heterocycles. The smallest absolute Gasteiger partial charge is 0.218 e. The highest BCUT2D eigenvalue weighted by Crippen LogP contribution is 2.23. The van der Waals surface area contributed by atoms with Gasteiger partial charge in [-0.2, -0.15) is 0 Å². The number of aromatic nitrogens is 3. The zero-order valence-electron chi connectivity index (χ0n) is 14.6. The Morgan fingerprint density at radius 3 is 2.76 bits per heavy atom. The summed E-state index contributed by atoms with van der Waals surface area (Å²) < 4.78 is 5.75. The molecule has 0 fully saturated rings. The van der Waals surface area contributed by atoms with Gasteiger partial charge in [0.15, 0.2) is 0 Å². The SMILES string of the molecule is C=CCOc1nc2ccc(C)cc2cc1CNCc1cnc(C)cn1. The van der Waals surface area contributed by atoms with Crippen molar-refractivity contribution in [1.29, 1.82) is 0 Å². The van der Waals surface area contributed by atoms with Gasteiger partial charge < -0.3 is 10.1 Å². The first-order valence-corrected chi connectivity index (χ1v) is 8.28. The quantitative estimate of drug-likeness (QED) is 0.670. The molecule has 0 amide bonds. The Hall–Kier alpha value is -2.79. The summed E-state index contributed by atoms with van der Waals surface area (Å²) in [5.74, 6) is 0.638. The molecule has 5 nitrogen and oxygen atoms in total. The van der Waals surface area contributed by atoms with E-state index < -0.39 is 0 Å². The fourth-order valence-corrected chi connectivity index (χ4v) is 2.55. The molecule has 0 saturated heterocycles. The summed E-state index contributed by atoms with van der Waals surface area (Å²) in [6, 6.07) is 8.33. The minimum absolute atomic E-state index is 0.431. The largest absolute Gasteiger partial charge is 0.473 e. The van der Waals surface area contributed by atoms with E-state index in [4.69, 9.17) is 4.74 Å². The molecule has 128 valence electrons. The van der Waals surface area contributed by atoms with E-state index in [-0.39, 0.29) is 0 Å². The number of nitrogens with one attached hydrogen (secondary N) is 1. The van der Waals surface area contributed by atoms with Crippen molar-refractivity contribution in [2.24, 2.45) is 0 Å². The maximum absolute atomic E-state index is 5.75. The third kappa shape index (κ3) is 4.39. The molecule has 0 aliphatic heterocycles. The molecule has 2 heterocycles. The van der Waals surface area contributed by atoms with Crippen LogP contribution in [0.3, 0.4) is 0 Å². The fourth-order valence-electron chi connectivity index (χ4n) is 2.55. The van der Waals surface area contributed by atoms with Crippen LogP contribution in [0.25, 0.3) is 10.9 Å². The normalized spacial score (nSPS) is 10.8. The summed E-state index contributed by atoms with van der Waals surface area (Å²) in [7, 11) is 0. The molecular weight excluding hydrogens is 312 g/mol. The van der Waals surface area contributed by atoms with Crippen molar-refractivity contribution < 1.29 is 4.74 Å². The van der Waals surface area contributed by atoms with Crippen LogP contribution in [0.4, 0.5) is 0 Å². The standard InChI is InChI=1S/C20H22N4O/c1-4-7-25-20-17(9-16-8-14(2)5-6-19(16)24-20)11-21-12-18-13-22-15(3)10-23-18/h4-6,8-10,13,21H,1,7,11-12H2,2-3H3. The molecule has 0 aliphatic rings. The summed E-state index contributed by atoms with van der Waals surface area (Å²) in [6.07, 6.45) is 5.29. The molecule has 1 N–H and O–H groups in total. The number of nitrogens with zero attached hydrogens (tertiary/aromatic N) is 3. The van der Waals surface area contributed by atoms with E-state index >= 15 is 0 Å². The van der Waals surface area contributed by atoms with Gasteiger partial charge in [-0.1, -0.05) is 24.3 Å². The Labute approximate surface area is 147 Å². The van der Waals surface area contributed by atoms with Gasteiger partial charge in [-0.05, 0) is 32.0 Å². The summed E-state index contributed by atoms with van der Waals surface area (Å²) in [6.45, 7) is 9.42. The van der Waals surface area contributed by atoms with Crippen molar-refractivity contribution in [2.75, 3.05) is 6.61 Å². The lowest BCUT2D eigenvalue weighted by molar-refractivity contribution is 0.344. The zero-order chi connectivity index (χ0) is 17.6. The number of benzene rings is 1. The van der Waals surface area contributed by atoms with E-state index in [0.717, 1.165) is 27.9 Å². The van der Waals surface area contributed by atoms with Crippen molar-refractivity contribution in [2.45, 2.75) is 26.9 Å². The Morgan fingerprint density at radius 1 is 1.12 bits per heavy atom. The number of pyridine rings is 1. The van der Waals surface area contributed by atoms with Crippen LogP contribution >= 0.6 is 0 Å². The molecule has 0 radical (unpaired) electrons. The average molecular weight is 334 g/mol. The van der Waals surface area contributed by atoms with Crippen LogP contribution in [-0.4, -0.2) is 21.6 Å². The molecule has 25 heavy (non-hydrogen) atoms. The van der Waals surface area contributed by atoms with Crippen molar-refractivity contribution in [3.8, 4) is 5.88 Å². The number of fused-ring (bicyclic) bond motifs is 1. The first-order chi connectivity index (χ1) is 12.2. The van der Waals surface area contributed by atoms with Gasteiger partial charge in [-0.25, -0.2) is 4.98 Å². The summed E-state index contributed by atoms with van der Waals surface area (Å²) in [4.78, 5) is 13.3. The van der Waals surface area contributed by atoms with Gasteiger partial charge in [-0.15, -0.1) is 0 Å². The third-order valence-corrected chi connectivity index (χ3v) is 3.80.